The highest BCUT2D eigenvalue weighted by Gasteiger charge is 2.61. The van der Waals surface area contributed by atoms with E-state index >= 15 is 0 Å². The number of hydrazine groups is 1. The van der Waals surface area contributed by atoms with Gasteiger partial charge in [0.15, 0.2) is 0 Å². The molecule has 5 aliphatic rings. The molecule has 2 N–H and O–H groups in total. The van der Waals surface area contributed by atoms with Crippen LogP contribution in [0.25, 0.3) is 33.4 Å². The number of rotatable bonds is 7. The van der Waals surface area contributed by atoms with E-state index in [1.165, 1.54) is 22.5 Å². The van der Waals surface area contributed by atoms with Crippen molar-refractivity contribution in [2.45, 2.75) is 111 Å². The van der Waals surface area contributed by atoms with Crippen molar-refractivity contribution in [2.75, 3.05) is 40.4 Å². The number of pyridine rings is 1. The minimum absolute atomic E-state index is 0.0542. The largest absolute Gasteiger partial charge is 0.464 e. The molecule has 6 bridgehead atoms. The molecule has 2 aliphatic carbocycles. The first-order valence-electron chi connectivity index (χ1n) is 22.5. The van der Waals surface area contributed by atoms with E-state index in [9.17, 15) is 14.4 Å². The number of fused-ring (bicyclic) bond motifs is 8. The van der Waals surface area contributed by atoms with E-state index in [4.69, 9.17) is 19.4 Å². The number of cyclic esters (lactones) is 1. The topological polar surface area (TPSA) is 131 Å². The van der Waals surface area contributed by atoms with Crippen molar-refractivity contribution in [2.24, 2.45) is 34.5 Å². The number of piperidine rings is 1. The lowest BCUT2D eigenvalue weighted by Gasteiger charge is -2.38. The molecule has 0 radical (unpaired) electrons. The second-order valence-corrected chi connectivity index (χ2v) is 21.0. The third-order valence-corrected chi connectivity index (χ3v) is 15.9. The Morgan fingerprint density at radius 2 is 1.89 bits per heavy atom. The summed E-state index contributed by atoms with van der Waals surface area (Å²) in [6.45, 7) is 18.4. The third-order valence-electron chi connectivity index (χ3n) is 15.0. The second-order valence-electron chi connectivity index (χ2n) is 20.0. The Balaban J connectivity index is 1.17. The summed E-state index contributed by atoms with van der Waals surface area (Å²) < 4.78 is 14.7. The summed E-state index contributed by atoms with van der Waals surface area (Å²) in [4.78, 5) is 55.0. The van der Waals surface area contributed by atoms with Crippen LogP contribution in [0.3, 0.4) is 0 Å². The number of thiazole rings is 1. The molecule has 2 amide bonds. The molecule has 1 unspecified atom stereocenters. The molecule has 6 heterocycles. The van der Waals surface area contributed by atoms with Gasteiger partial charge in [0, 0.05) is 71.6 Å². The minimum Gasteiger partial charge on any atom is -0.464 e. The first kappa shape index (κ1) is 42.1. The molecule has 8 atom stereocenters. The van der Waals surface area contributed by atoms with Crippen LogP contribution in [0.15, 0.2) is 35.8 Å². The molecule has 2 saturated carbocycles. The van der Waals surface area contributed by atoms with Crippen LogP contribution in [0.4, 0.5) is 0 Å². The lowest BCUT2D eigenvalue weighted by molar-refractivity contribution is -0.157. The Bertz CT molecular complexity index is 2360. The predicted octanol–water partition coefficient (Wildman–Crippen LogP) is 7.16. The van der Waals surface area contributed by atoms with Gasteiger partial charge in [0.05, 0.1) is 34.8 Å². The van der Waals surface area contributed by atoms with E-state index in [0.29, 0.717) is 18.9 Å². The van der Waals surface area contributed by atoms with Crippen LogP contribution < -0.4 is 10.7 Å². The fraction of sp³-hybridized carbons (Fsp3) is 0.604. The first-order chi connectivity index (χ1) is 29.1. The molecule has 13 heteroatoms. The lowest BCUT2D eigenvalue weighted by atomic mass is 9.83. The summed E-state index contributed by atoms with van der Waals surface area (Å²) in [5, 5.41) is 8.66. The maximum atomic E-state index is 14.5. The van der Waals surface area contributed by atoms with Crippen molar-refractivity contribution in [3.63, 3.8) is 0 Å². The zero-order valence-electron chi connectivity index (χ0n) is 37.3. The normalized spacial score (nSPS) is 29.8. The molecule has 4 fully saturated rings. The molecule has 2 saturated heterocycles. The maximum absolute atomic E-state index is 14.5. The lowest BCUT2D eigenvalue weighted by Crippen LogP contribution is -2.62. The monoisotopic (exact) mass is 849 g/mol. The number of nitrogens with one attached hydrogen (secondary N) is 2. The molecule has 1 aromatic carbocycles. The molecule has 4 aromatic rings. The van der Waals surface area contributed by atoms with E-state index < -0.39 is 17.5 Å². The average Bonchev–Trinajstić information content (AvgIpc) is 3.94. The number of aryl methyl sites for hydroxylation is 1. The Hall–Kier alpha value is -4.17. The van der Waals surface area contributed by atoms with E-state index in [1.807, 2.05) is 0 Å². The highest BCUT2D eigenvalue weighted by molar-refractivity contribution is 7.10. The molecule has 3 aliphatic heterocycles. The van der Waals surface area contributed by atoms with Gasteiger partial charge in [-0.1, -0.05) is 40.7 Å². The number of hydrogen-bond acceptors (Lipinski definition) is 10. The maximum Gasteiger partial charge on any atom is 0.325 e. The zero-order chi connectivity index (χ0) is 43.1. The van der Waals surface area contributed by atoms with Crippen molar-refractivity contribution in [3.05, 3.63) is 57.7 Å². The summed E-state index contributed by atoms with van der Waals surface area (Å²) in [6.07, 6.45) is 5.70. The van der Waals surface area contributed by atoms with E-state index in [1.54, 1.807) is 12.1 Å². The zero-order valence-corrected chi connectivity index (χ0v) is 38.2. The van der Waals surface area contributed by atoms with Gasteiger partial charge in [-0.2, -0.15) is 0 Å². The number of benzene rings is 1. The molecule has 3 aromatic heterocycles. The summed E-state index contributed by atoms with van der Waals surface area (Å²) in [5.41, 5.74) is 11.1. The number of esters is 1. The van der Waals surface area contributed by atoms with E-state index in [-0.39, 0.29) is 66.0 Å². The summed E-state index contributed by atoms with van der Waals surface area (Å²) >= 11 is 1.51. The van der Waals surface area contributed by atoms with Crippen molar-refractivity contribution in [3.8, 4) is 22.5 Å². The van der Waals surface area contributed by atoms with Crippen molar-refractivity contribution in [1.82, 2.24) is 35.2 Å². The van der Waals surface area contributed by atoms with Crippen LogP contribution in [0, 0.1) is 34.5 Å². The van der Waals surface area contributed by atoms with Crippen LogP contribution in [0.2, 0.25) is 0 Å². The number of methoxy groups -OCH3 is 1. The van der Waals surface area contributed by atoms with Crippen LogP contribution in [0.1, 0.15) is 102 Å². The van der Waals surface area contributed by atoms with Crippen molar-refractivity contribution < 1.29 is 23.9 Å². The number of likely N-dealkylation sites (tertiary alicyclic amines) is 1. The van der Waals surface area contributed by atoms with Gasteiger partial charge in [-0.05, 0) is 118 Å². The van der Waals surface area contributed by atoms with Gasteiger partial charge in [0.1, 0.15) is 12.1 Å². The number of nitrogens with zero attached hydrogens (tertiary/aromatic N) is 5. The standard InChI is InChI=1S/C48H63N7O5S/c1-10-54-38-12-11-30-17-32(38)34(43(54)33-18-31(22-49-41(33)28(4)59-9)29-13-15-53(8)16-14-29)20-47(5,6)25-60-46(58)42-35-21-48(35,7)24-55(52-42)45(57)36(19-39-50-37(30)23-61-39)51-44(56)40-26(2)27(40)3/h11-12,17-18,22-23,26-29,35-36,40,42,52H,10,13-16,19-21,24-25H2,1-9H3,(H,51,56)/t26-,27+,28-,35-,36-,40?,42-,48+/m0/s1. The second kappa shape index (κ2) is 15.9. The number of aromatic nitrogens is 3. The van der Waals surface area contributed by atoms with Crippen LogP contribution in [0.5, 0.6) is 0 Å². The molecule has 9 rings (SSSR count). The average molecular weight is 850 g/mol. The van der Waals surface area contributed by atoms with Gasteiger partial charge in [-0.3, -0.25) is 24.4 Å². The number of amides is 2. The van der Waals surface area contributed by atoms with Gasteiger partial charge in [0.2, 0.25) is 5.91 Å². The van der Waals surface area contributed by atoms with Crippen LogP contribution >= 0.6 is 11.3 Å². The summed E-state index contributed by atoms with van der Waals surface area (Å²) in [5.74, 6) is 0.171. The van der Waals surface area contributed by atoms with Gasteiger partial charge < -0.3 is 24.3 Å². The van der Waals surface area contributed by atoms with Crippen LogP contribution in [-0.2, 0) is 43.2 Å². The molecule has 61 heavy (non-hydrogen) atoms. The molecule has 326 valence electrons. The van der Waals surface area contributed by atoms with E-state index in [2.05, 4.69) is 112 Å². The summed E-state index contributed by atoms with van der Waals surface area (Å²) in [7, 11) is 3.94. The minimum atomic E-state index is -0.842. The number of carbonyl (C=O) groups excluding carboxylic acids is 3. The predicted molar refractivity (Wildman–Crippen MR) is 238 cm³/mol. The summed E-state index contributed by atoms with van der Waals surface area (Å²) in [6, 6.07) is 7.47. The molecule has 12 nitrogen and oxygen atoms in total. The van der Waals surface area contributed by atoms with Gasteiger partial charge >= 0.3 is 5.97 Å². The van der Waals surface area contributed by atoms with E-state index in [0.717, 1.165) is 83.0 Å². The fourth-order valence-electron chi connectivity index (χ4n) is 10.6. The Labute approximate surface area is 364 Å². The molecular formula is C48H63N7O5S. The third kappa shape index (κ3) is 7.82. The Morgan fingerprint density at radius 3 is 2.59 bits per heavy atom. The smallest absolute Gasteiger partial charge is 0.325 e. The van der Waals surface area contributed by atoms with Crippen molar-refractivity contribution >= 4 is 40.0 Å². The quantitative estimate of drug-likeness (QED) is 0.186. The van der Waals surface area contributed by atoms with Crippen molar-refractivity contribution in [1.29, 1.82) is 0 Å². The Morgan fingerprint density at radius 1 is 1.13 bits per heavy atom. The highest BCUT2D eigenvalue weighted by Crippen LogP contribution is 2.57. The molecular weight excluding hydrogens is 787 g/mol. The SMILES string of the molecule is CCn1c(-c2cc(C3CCN(C)CC3)cnc2[C@H](C)OC)c2c3cc(ccc31)-c1csc(n1)C[C@H](NC(=O)C1[C@@H](C)[C@H]1C)C(=O)N1C[C@@]3(C)C[C@H]3[C@H](N1)C(=O)OCC(C)(C)C2. The number of ether oxygens (including phenoxy) is 2. The molecule has 0 spiro atoms. The van der Waals surface area contributed by atoms with Gasteiger partial charge in [-0.15, -0.1) is 11.3 Å². The highest BCUT2D eigenvalue weighted by atomic mass is 32.1. The van der Waals surface area contributed by atoms with Gasteiger partial charge in [-0.25, -0.2) is 10.4 Å². The number of carbonyl (C=O) groups is 3. The first-order valence-corrected chi connectivity index (χ1v) is 23.3. The Kier molecular flexibility index (Phi) is 11.0. The number of hydrogen-bond donors (Lipinski definition) is 2. The fourth-order valence-corrected chi connectivity index (χ4v) is 11.5. The van der Waals surface area contributed by atoms with Crippen LogP contribution in [-0.4, -0.2) is 94.7 Å². The van der Waals surface area contributed by atoms with Gasteiger partial charge in [0.25, 0.3) is 5.91 Å².